The number of aromatic nitrogens is 2. The fourth-order valence-corrected chi connectivity index (χ4v) is 4.39. The molecule has 0 aliphatic rings. The zero-order valence-electron chi connectivity index (χ0n) is 16.4. The van der Waals surface area contributed by atoms with Crippen LogP contribution in [0.3, 0.4) is 0 Å². The van der Waals surface area contributed by atoms with Gasteiger partial charge >= 0.3 is 0 Å². The van der Waals surface area contributed by atoms with Gasteiger partial charge in [-0.15, -0.1) is 11.3 Å². The number of benzene rings is 1. The number of amides is 1. The molecule has 0 bridgehead atoms. The molecule has 2 N–H and O–H groups in total. The number of H-pyrrole nitrogens is 1. The summed E-state index contributed by atoms with van der Waals surface area (Å²) in [5, 5.41) is 5.33. The van der Waals surface area contributed by atoms with Crippen molar-refractivity contribution in [3.8, 4) is 11.3 Å². The Balaban J connectivity index is 1.88. The van der Waals surface area contributed by atoms with Crippen LogP contribution in [-0.4, -0.2) is 21.7 Å². The summed E-state index contributed by atoms with van der Waals surface area (Å²) in [7, 11) is 0. The molecule has 5 nitrogen and oxygen atoms in total. The van der Waals surface area contributed by atoms with Crippen LogP contribution in [0, 0.1) is 34.6 Å². The van der Waals surface area contributed by atoms with E-state index < -0.39 is 0 Å². The van der Waals surface area contributed by atoms with Gasteiger partial charge in [0, 0.05) is 22.2 Å². The maximum atomic E-state index is 12.7. The fourth-order valence-electron chi connectivity index (χ4n) is 3.69. The van der Waals surface area contributed by atoms with Crippen molar-refractivity contribution in [2.45, 2.75) is 41.5 Å². The van der Waals surface area contributed by atoms with E-state index in [-0.39, 0.29) is 11.7 Å². The number of aromatic amines is 1. The van der Waals surface area contributed by atoms with Crippen molar-refractivity contribution in [1.82, 2.24) is 9.97 Å². The van der Waals surface area contributed by atoms with Crippen molar-refractivity contribution >= 4 is 28.2 Å². The van der Waals surface area contributed by atoms with E-state index in [0.29, 0.717) is 27.6 Å². The predicted octanol–water partition coefficient (Wildman–Crippen LogP) is 5.14. The number of thiazole rings is 1. The Morgan fingerprint density at radius 1 is 1.07 bits per heavy atom. The maximum absolute atomic E-state index is 12.7. The summed E-state index contributed by atoms with van der Waals surface area (Å²) < 4.78 is 0. The molecule has 0 fully saturated rings. The summed E-state index contributed by atoms with van der Waals surface area (Å²) in [6.45, 7) is 11.3. The molecule has 140 valence electrons. The number of hydrogen-bond acceptors (Lipinski definition) is 4. The first-order valence-electron chi connectivity index (χ1n) is 8.74. The number of Topliss-reactive ketones (excluding diaryl/α,β-unsaturated/α-hetero) is 1. The van der Waals surface area contributed by atoms with Gasteiger partial charge in [-0.25, -0.2) is 4.98 Å². The SMILES string of the molecule is CC(=O)c1c(C)[nH]c(C(=O)Nc2nc(-c3c(C)cc(C)cc3C)cs2)c1C. The zero-order valence-corrected chi connectivity index (χ0v) is 17.2. The number of carbonyl (C=O) groups is 2. The Kier molecular flexibility index (Phi) is 5.02. The molecule has 3 aromatic rings. The molecule has 1 aromatic carbocycles. The van der Waals surface area contributed by atoms with Crippen LogP contribution < -0.4 is 5.32 Å². The Hall–Kier alpha value is -2.73. The molecule has 2 aromatic heterocycles. The molecular weight excluding hydrogens is 358 g/mol. The molecule has 3 rings (SSSR count). The molecule has 0 atom stereocenters. The van der Waals surface area contributed by atoms with Crippen molar-refractivity contribution < 1.29 is 9.59 Å². The number of ketones is 1. The largest absolute Gasteiger partial charge is 0.354 e. The molecule has 0 aliphatic carbocycles. The molecule has 2 heterocycles. The molecule has 27 heavy (non-hydrogen) atoms. The second-order valence-electron chi connectivity index (χ2n) is 6.95. The monoisotopic (exact) mass is 381 g/mol. The minimum atomic E-state index is -0.290. The van der Waals surface area contributed by atoms with E-state index in [2.05, 4.69) is 48.2 Å². The summed E-state index contributed by atoms with van der Waals surface area (Å²) >= 11 is 1.39. The molecule has 0 spiro atoms. The number of hydrogen-bond donors (Lipinski definition) is 2. The summed E-state index contributed by atoms with van der Waals surface area (Å²) in [5.74, 6) is -0.344. The minimum Gasteiger partial charge on any atom is -0.354 e. The molecule has 0 saturated carbocycles. The highest BCUT2D eigenvalue weighted by atomic mass is 32.1. The van der Waals surface area contributed by atoms with Crippen LogP contribution in [0.2, 0.25) is 0 Å². The van der Waals surface area contributed by atoms with E-state index >= 15 is 0 Å². The lowest BCUT2D eigenvalue weighted by atomic mass is 9.98. The number of rotatable bonds is 4. The first kappa shape index (κ1) is 19.0. The van der Waals surface area contributed by atoms with Crippen molar-refractivity contribution in [1.29, 1.82) is 0 Å². The van der Waals surface area contributed by atoms with E-state index in [1.165, 1.54) is 23.8 Å². The first-order chi connectivity index (χ1) is 12.7. The van der Waals surface area contributed by atoms with Gasteiger partial charge in [0.2, 0.25) is 0 Å². The number of anilines is 1. The van der Waals surface area contributed by atoms with Gasteiger partial charge in [0.1, 0.15) is 5.69 Å². The normalized spacial score (nSPS) is 10.9. The third-order valence-electron chi connectivity index (χ3n) is 4.67. The van der Waals surface area contributed by atoms with Crippen LogP contribution in [-0.2, 0) is 0 Å². The molecular formula is C21H23N3O2S. The smallest absolute Gasteiger partial charge is 0.274 e. The topological polar surface area (TPSA) is 74.8 Å². The van der Waals surface area contributed by atoms with Gasteiger partial charge < -0.3 is 4.98 Å². The Morgan fingerprint density at radius 3 is 2.26 bits per heavy atom. The summed E-state index contributed by atoms with van der Waals surface area (Å²) in [4.78, 5) is 32.0. The van der Waals surface area contributed by atoms with Gasteiger partial charge in [-0.2, -0.15) is 0 Å². The standard InChI is InChI=1S/C21H23N3O2S/c1-10-7-11(2)17(12(3)8-10)16-9-27-21(23-16)24-20(26)19-13(4)18(15(6)25)14(5)22-19/h7-9,22H,1-6H3,(H,23,24,26). The van der Waals surface area contributed by atoms with Crippen LogP contribution >= 0.6 is 11.3 Å². The van der Waals surface area contributed by atoms with Gasteiger partial charge in [-0.3, -0.25) is 14.9 Å². The van der Waals surface area contributed by atoms with Crippen LogP contribution in [0.4, 0.5) is 5.13 Å². The van der Waals surface area contributed by atoms with Gasteiger partial charge in [0.15, 0.2) is 10.9 Å². The molecule has 6 heteroatoms. The summed E-state index contributed by atoms with van der Waals surface area (Å²) in [6.07, 6.45) is 0. The average molecular weight is 382 g/mol. The van der Waals surface area contributed by atoms with E-state index in [1.54, 1.807) is 13.8 Å². The summed E-state index contributed by atoms with van der Waals surface area (Å²) in [5.41, 5.74) is 7.85. The van der Waals surface area contributed by atoms with E-state index in [9.17, 15) is 9.59 Å². The predicted molar refractivity (Wildman–Crippen MR) is 110 cm³/mol. The summed E-state index contributed by atoms with van der Waals surface area (Å²) in [6, 6.07) is 4.27. The van der Waals surface area contributed by atoms with Crippen LogP contribution in [0.25, 0.3) is 11.3 Å². The highest BCUT2D eigenvalue weighted by molar-refractivity contribution is 7.14. The number of aryl methyl sites for hydroxylation is 4. The molecule has 0 unspecified atom stereocenters. The molecule has 0 aliphatic heterocycles. The fraction of sp³-hybridized carbons (Fsp3) is 0.286. The quantitative estimate of drug-likeness (QED) is 0.615. The molecule has 1 amide bonds. The lowest BCUT2D eigenvalue weighted by Crippen LogP contribution is -2.13. The third kappa shape index (κ3) is 3.57. The van der Waals surface area contributed by atoms with Crippen molar-refractivity contribution in [3.05, 3.63) is 56.7 Å². The zero-order chi connectivity index (χ0) is 19.9. The Bertz CT molecular complexity index is 1040. The van der Waals surface area contributed by atoms with E-state index in [1.807, 2.05) is 5.38 Å². The highest BCUT2D eigenvalue weighted by Gasteiger charge is 2.21. The third-order valence-corrected chi connectivity index (χ3v) is 5.43. The van der Waals surface area contributed by atoms with Gasteiger partial charge in [-0.1, -0.05) is 17.7 Å². The van der Waals surface area contributed by atoms with Crippen molar-refractivity contribution in [3.63, 3.8) is 0 Å². The number of nitrogens with one attached hydrogen (secondary N) is 2. The van der Waals surface area contributed by atoms with Crippen LogP contribution in [0.5, 0.6) is 0 Å². The number of nitrogens with zero attached hydrogens (tertiary/aromatic N) is 1. The average Bonchev–Trinajstić information content (AvgIpc) is 3.10. The molecule has 0 radical (unpaired) electrons. The number of carbonyl (C=O) groups excluding carboxylic acids is 2. The second kappa shape index (κ2) is 7.12. The van der Waals surface area contributed by atoms with Gasteiger partial charge in [0.05, 0.1) is 5.69 Å². The van der Waals surface area contributed by atoms with Crippen molar-refractivity contribution in [2.75, 3.05) is 5.32 Å². The van der Waals surface area contributed by atoms with Gasteiger partial charge in [0.25, 0.3) is 5.91 Å². The van der Waals surface area contributed by atoms with Crippen molar-refractivity contribution in [2.24, 2.45) is 0 Å². The maximum Gasteiger partial charge on any atom is 0.274 e. The van der Waals surface area contributed by atoms with E-state index in [0.717, 1.165) is 22.4 Å². The van der Waals surface area contributed by atoms with Crippen LogP contribution in [0.15, 0.2) is 17.5 Å². The van der Waals surface area contributed by atoms with E-state index in [4.69, 9.17) is 0 Å². The Labute approximate surface area is 162 Å². The second-order valence-corrected chi connectivity index (χ2v) is 7.81. The van der Waals surface area contributed by atoms with Crippen LogP contribution in [0.1, 0.15) is 55.7 Å². The minimum absolute atomic E-state index is 0.0536. The Morgan fingerprint density at radius 2 is 1.70 bits per heavy atom. The van der Waals surface area contributed by atoms with Gasteiger partial charge in [-0.05, 0) is 58.2 Å². The lowest BCUT2D eigenvalue weighted by molar-refractivity contribution is 0.101. The molecule has 0 saturated heterocycles. The first-order valence-corrected chi connectivity index (χ1v) is 9.62. The lowest BCUT2D eigenvalue weighted by Gasteiger charge is -2.08. The highest BCUT2D eigenvalue weighted by Crippen LogP contribution is 2.31.